The number of hydrogen-bond acceptors (Lipinski definition) is 4. The van der Waals surface area contributed by atoms with Crippen LogP contribution in [0.5, 0.6) is 0 Å². The summed E-state index contributed by atoms with van der Waals surface area (Å²) in [7, 11) is 0. The Morgan fingerprint density at radius 3 is 2.75 bits per heavy atom. The molecule has 0 radical (unpaired) electrons. The molecule has 1 aliphatic rings. The summed E-state index contributed by atoms with van der Waals surface area (Å²) in [6.07, 6.45) is -3.31. The largest absolute Gasteiger partial charge is 0.411 e. The summed E-state index contributed by atoms with van der Waals surface area (Å²) in [5, 5.41) is 0. The Balaban J connectivity index is 1.49. The van der Waals surface area contributed by atoms with Crippen molar-refractivity contribution in [2.75, 3.05) is 50.8 Å². The van der Waals surface area contributed by atoms with Crippen molar-refractivity contribution >= 4 is 17.0 Å². The Labute approximate surface area is 138 Å². The van der Waals surface area contributed by atoms with Gasteiger partial charge in [-0.1, -0.05) is 12.1 Å². The molecular weight excluding hydrogens is 321 g/mol. The highest BCUT2D eigenvalue weighted by Gasteiger charge is 2.27. The lowest BCUT2D eigenvalue weighted by atomic mass is 10.3. The zero-order chi connectivity index (χ0) is 17.0. The van der Waals surface area contributed by atoms with Crippen molar-refractivity contribution in [3.63, 3.8) is 0 Å². The first-order valence-corrected chi connectivity index (χ1v) is 8.08. The number of H-pyrrole nitrogens is 1. The summed E-state index contributed by atoms with van der Waals surface area (Å²) >= 11 is 0. The highest BCUT2D eigenvalue weighted by atomic mass is 19.4. The number of ether oxygens (including phenoxy) is 1. The van der Waals surface area contributed by atoms with Gasteiger partial charge in [0.25, 0.3) is 0 Å². The molecule has 0 saturated carbocycles. The van der Waals surface area contributed by atoms with Gasteiger partial charge in [-0.15, -0.1) is 0 Å². The molecule has 2 aromatic rings. The Morgan fingerprint density at radius 1 is 1.12 bits per heavy atom. The molecule has 5 nitrogen and oxygen atoms in total. The number of anilines is 1. The molecule has 0 bridgehead atoms. The van der Waals surface area contributed by atoms with Crippen LogP contribution in [-0.2, 0) is 4.74 Å². The van der Waals surface area contributed by atoms with E-state index < -0.39 is 12.8 Å². The van der Waals surface area contributed by atoms with Gasteiger partial charge in [-0.3, -0.25) is 4.90 Å². The highest BCUT2D eigenvalue weighted by Crippen LogP contribution is 2.18. The lowest BCUT2D eigenvalue weighted by molar-refractivity contribution is -0.174. The zero-order valence-corrected chi connectivity index (χ0v) is 13.4. The van der Waals surface area contributed by atoms with Crippen LogP contribution in [0.15, 0.2) is 24.3 Å². The van der Waals surface area contributed by atoms with Crippen LogP contribution in [0, 0.1) is 0 Å². The van der Waals surface area contributed by atoms with E-state index in [1.165, 1.54) is 0 Å². The van der Waals surface area contributed by atoms with Crippen LogP contribution in [-0.4, -0.2) is 67.0 Å². The maximum Gasteiger partial charge on any atom is 0.411 e. The van der Waals surface area contributed by atoms with Crippen LogP contribution in [0.3, 0.4) is 0 Å². The van der Waals surface area contributed by atoms with Gasteiger partial charge in [-0.25, -0.2) is 4.98 Å². The predicted molar refractivity (Wildman–Crippen MR) is 86.2 cm³/mol. The van der Waals surface area contributed by atoms with Crippen molar-refractivity contribution in [2.45, 2.75) is 12.6 Å². The molecule has 0 unspecified atom stereocenters. The molecule has 0 atom stereocenters. The monoisotopic (exact) mass is 342 g/mol. The summed E-state index contributed by atoms with van der Waals surface area (Å²) in [5.74, 6) is 0.853. The fraction of sp³-hybridized carbons (Fsp3) is 0.562. The minimum Gasteiger partial charge on any atom is -0.371 e. The van der Waals surface area contributed by atoms with Crippen molar-refractivity contribution in [3.05, 3.63) is 24.3 Å². The highest BCUT2D eigenvalue weighted by molar-refractivity contribution is 5.77. The number of rotatable bonds is 5. The van der Waals surface area contributed by atoms with Crippen LogP contribution in [0.4, 0.5) is 19.1 Å². The fourth-order valence-electron chi connectivity index (χ4n) is 2.88. The van der Waals surface area contributed by atoms with Gasteiger partial charge in [0.05, 0.1) is 17.6 Å². The summed E-state index contributed by atoms with van der Waals surface area (Å²) in [6, 6.07) is 7.89. The molecule has 3 rings (SSSR count). The van der Waals surface area contributed by atoms with E-state index in [0.717, 1.165) is 49.6 Å². The molecule has 8 heteroatoms. The number of aromatic amines is 1. The summed E-state index contributed by atoms with van der Waals surface area (Å²) in [4.78, 5) is 12.3. The molecule has 1 N–H and O–H groups in total. The second kappa shape index (κ2) is 7.40. The molecule has 0 spiro atoms. The number of benzene rings is 1. The van der Waals surface area contributed by atoms with Crippen LogP contribution in [0.1, 0.15) is 6.42 Å². The van der Waals surface area contributed by atoms with Crippen molar-refractivity contribution in [3.8, 4) is 0 Å². The summed E-state index contributed by atoms with van der Waals surface area (Å²) in [6.45, 7) is 2.75. The van der Waals surface area contributed by atoms with Crippen molar-refractivity contribution < 1.29 is 17.9 Å². The van der Waals surface area contributed by atoms with E-state index >= 15 is 0 Å². The van der Waals surface area contributed by atoms with Crippen LogP contribution in [0.2, 0.25) is 0 Å². The Hall–Kier alpha value is -1.80. The molecule has 1 aromatic heterocycles. The van der Waals surface area contributed by atoms with E-state index in [1.807, 2.05) is 24.3 Å². The molecule has 1 fully saturated rings. The number of halogens is 3. The number of hydrogen-bond donors (Lipinski definition) is 1. The smallest absolute Gasteiger partial charge is 0.371 e. The van der Waals surface area contributed by atoms with E-state index in [-0.39, 0.29) is 6.61 Å². The minimum atomic E-state index is -4.25. The lowest BCUT2D eigenvalue weighted by Gasteiger charge is -2.21. The number of para-hydroxylation sites is 2. The predicted octanol–water partition coefficient (Wildman–Crippen LogP) is 2.65. The van der Waals surface area contributed by atoms with Gasteiger partial charge in [-0.2, -0.15) is 13.2 Å². The first kappa shape index (κ1) is 17.0. The third-order valence-corrected chi connectivity index (χ3v) is 4.08. The Bertz CT molecular complexity index is 625. The summed E-state index contributed by atoms with van der Waals surface area (Å²) < 4.78 is 40.9. The molecule has 1 aliphatic heterocycles. The van der Waals surface area contributed by atoms with Crippen molar-refractivity contribution in [1.82, 2.24) is 14.9 Å². The van der Waals surface area contributed by atoms with Gasteiger partial charge in [0.15, 0.2) is 0 Å². The molecule has 24 heavy (non-hydrogen) atoms. The molecular formula is C16H21F3N4O. The van der Waals surface area contributed by atoms with Gasteiger partial charge in [-0.05, 0) is 25.1 Å². The number of aromatic nitrogens is 2. The molecule has 1 aromatic carbocycles. The Kier molecular flexibility index (Phi) is 5.25. The van der Waals surface area contributed by atoms with Gasteiger partial charge < -0.3 is 14.6 Å². The average molecular weight is 342 g/mol. The Morgan fingerprint density at radius 2 is 1.96 bits per heavy atom. The molecule has 132 valence electrons. The number of imidazole rings is 1. The van der Waals surface area contributed by atoms with Crippen LogP contribution in [0.25, 0.3) is 11.0 Å². The number of fused-ring (bicyclic) bond motifs is 1. The standard InChI is InChI=1S/C16H21F3N4O/c17-16(18,19)12-24-11-10-22-6-3-7-23(9-8-22)15-20-13-4-1-2-5-14(13)21-15/h1-2,4-5H,3,6-12H2,(H,20,21). The van der Waals surface area contributed by atoms with Crippen molar-refractivity contribution in [1.29, 1.82) is 0 Å². The third-order valence-electron chi connectivity index (χ3n) is 4.08. The van der Waals surface area contributed by atoms with Gasteiger partial charge >= 0.3 is 6.18 Å². The van der Waals surface area contributed by atoms with E-state index in [0.29, 0.717) is 6.54 Å². The quantitative estimate of drug-likeness (QED) is 0.849. The normalized spacial score (nSPS) is 17.4. The molecule has 2 heterocycles. The molecule has 1 saturated heterocycles. The maximum atomic E-state index is 12.1. The number of alkyl halides is 3. The van der Waals surface area contributed by atoms with E-state index in [1.54, 1.807) is 0 Å². The lowest BCUT2D eigenvalue weighted by Crippen LogP contribution is -2.33. The van der Waals surface area contributed by atoms with Crippen LogP contribution >= 0.6 is 0 Å². The van der Waals surface area contributed by atoms with Crippen molar-refractivity contribution in [2.24, 2.45) is 0 Å². The maximum absolute atomic E-state index is 12.1. The third kappa shape index (κ3) is 4.61. The first-order chi connectivity index (χ1) is 11.5. The number of nitrogens with one attached hydrogen (secondary N) is 1. The first-order valence-electron chi connectivity index (χ1n) is 8.08. The van der Waals surface area contributed by atoms with Crippen LogP contribution < -0.4 is 4.90 Å². The van der Waals surface area contributed by atoms with E-state index in [9.17, 15) is 13.2 Å². The second-order valence-corrected chi connectivity index (χ2v) is 5.93. The number of nitrogens with zero attached hydrogens (tertiary/aromatic N) is 3. The average Bonchev–Trinajstić information content (AvgIpc) is 2.82. The SMILES string of the molecule is FC(F)(F)COCCN1CCCN(c2nc3ccccc3[nH]2)CC1. The van der Waals surface area contributed by atoms with Gasteiger partial charge in [0, 0.05) is 26.2 Å². The summed E-state index contributed by atoms with van der Waals surface area (Å²) in [5.41, 5.74) is 1.95. The zero-order valence-electron chi connectivity index (χ0n) is 13.4. The molecule has 0 amide bonds. The topological polar surface area (TPSA) is 44.4 Å². The van der Waals surface area contributed by atoms with Gasteiger partial charge in [0.1, 0.15) is 6.61 Å². The van der Waals surface area contributed by atoms with Gasteiger partial charge in [0.2, 0.25) is 5.95 Å². The molecule has 0 aliphatic carbocycles. The second-order valence-electron chi connectivity index (χ2n) is 5.93. The van der Waals surface area contributed by atoms with E-state index in [4.69, 9.17) is 4.74 Å². The minimum absolute atomic E-state index is 0.101. The fourth-order valence-corrected chi connectivity index (χ4v) is 2.88. The van der Waals surface area contributed by atoms with E-state index in [2.05, 4.69) is 19.8 Å².